The Morgan fingerprint density at radius 1 is 1.18 bits per heavy atom. The highest BCUT2D eigenvalue weighted by atomic mass is 14.6. The Bertz CT molecular complexity index is 372. The molecule has 0 aromatic heterocycles. The first kappa shape index (κ1) is 13.8. The van der Waals surface area contributed by atoms with E-state index in [4.69, 9.17) is 5.73 Å². The summed E-state index contributed by atoms with van der Waals surface area (Å²) in [5.41, 5.74) is 7.29. The van der Waals surface area contributed by atoms with Crippen LogP contribution in [0.5, 0.6) is 0 Å². The van der Waals surface area contributed by atoms with Crippen LogP contribution in [-0.2, 0) is 6.42 Å². The van der Waals surface area contributed by atoms with E-state index in [1.165, 1.54) is 12.0 Å². The molecular formula is C16H23N. The lowest BCUT2D eigenvalue weighted by atomic mass is 9.83. The molecule has 1 aromatic carbocycles. The minimum Gasteiger partial charge on any atom is -0.330 e. The molecule has 0 aliphatic rings. The molecule has 0 aliphatic heterocycles. The summed E-state index contributed by atoms with van der Waals surface area (Å²) in [6.07, 6.45) is 4.08. The van der Waals surface area contributed by atoms with E-state index in [2.05, 4.69) is 50.0 Å². The van der Waals surface area contributed by atoms with Gasteiger partial charge in [0.05, 0.1) is 0 Å². The van der Waals surface area contributed by atoms with Crippen LogP contribution in [0.4, 0.5) is 0 Å². The van der Waals surface area contributed by atoms with Gasteiger partial charge in [0.2, 0.25) is 0 Å². The lowest BCUT2D eigenvalue weighted by Gasteiger charge is -2.24. The first-order valence-corrected chi connectivity index (χ1v) is 6.40. The van der Waals surface area contributed by atoms with Crippen LogP contribution in [0.25, 0.3) is 0 Å². The third-order valence-electron chi connectivity index (χ3n) is 3.12. The van der Waals surface area contributed by atoms with Crippen LogP contribution in [-0.4, -0.2) is 6.54 Å². The summed E-state index contributed by atoms with van der Waals surface area (Å²) in [5, 5.41) is 0. The van der Waals surface area contributed by atoms with Crippen molar-refractivity contribution in [2.45, 2.75) is 39.5 Å². The van der Waals surface area contributed by atoms with Gasteiger partial charge in [-0.2, -0.15) is 0 Å². The lowest BCUT2D eigenvalue weighted by molar-refractivity contribution is 0.314. The predicted molar refractivity (Wildman–Crippen MR) is 74.6 cm³/mol. The minimum atomic E-state index is 0.193. The monoisotopic (exact) mass is 229 g/mol. The number of benzene rings is 1. The fourth-order valence-corrected chi connectivity index (χ4v) is 1.90. The highest BCUT2D eigenvalue weighted by Gasteiger charge is 2.19. The first-order valence-electron chi connectivity index (χ1n) is 6.40. The van der Waals surface area contributed by atoms with Crippen molar-refractivity contribution in [1.29, 1.82) is 0 Å². The Hall–Kier alpha value is -1.26. The summed E-state index contributed by atoms with van der Waals surface area (Å²) in [4.78, 5) is 0. The number of hydrogen-bond donors (Lipinski definition) is 1. The summed E-state index contributed by atoms with van der Waals surface area (Å²) in [6, 6.07) is 10.4. The fourth-order valence-electron chi connectivity index (χ4n) is 1.90. The van der Waals surface area contributed by atoms with Gasteiger partial charge < -0.3 is 5.73 Å². The highest BCUT2D eigenvalue weighted by molar-refractivity contribution is 5.20. The first-order chi connectivity index (χ1) is 8.20. The Labute approximate surface area is 105 Å². The predicted octanol–water partition coefficient (Wildman–Crippen LogP) is 3.39. The normalized spacial score (nSPS) is 13.6. The molecule has 92 valence electrons. The van der Waals surface area contributed by atoms with Crippen molar-refractivity contribution in [3.8, 4) is 11.8 Å². The van der Waals surface area contributed by atoms with E-state index >= 15 is 0 Å². The maximum atomic E-state index is 5.82. The van der Waals surface area contributed by atoms with Crippen molar-refractivity contribution in [3.63, 3.8) is 0 Å². The molecule has 0 radical (unpaired) electrons. The van der Waals surface area contributed by atoms with Crippen molar-refractivity contribution in [3.05, 3.63) is 35.9 Å². The SMILES string of the molecule is CCCC(C)(CN)CC#CCc1ccccc1. The third kappa shape index (κ3) is 5.06. The zero-order chi connectivity index (χ0) is 12.6. The number of nitrogens with two attached hydrogens (primary N) is 1. The highest BCUT2D eigenvalue weighted by Crippen LogP contribution is 2.25. The summed E-state index contributed by atoms with van der Waals surface area (Å²) in [5.74, 6) is 6.52. The van der Waals surface area contributed by atoms with Crippen LogP contribution >= 0.6 is 0 Å². The van der Waals surface area contributed by atoms with E-state index in [0.29, 0.717) is 0 Å². The van der Waals surface area contributed by atoms with E-state index in [0.717, 1.165) is 25.8 Å². The molecule has 0 spiro atoms. The van der Waals surface area contributed by atoms with Crippen molar-refractivity contribution in [1.82, 2.24) is 0 Å². The molecule has 0 bridgehead atoms. The van der Waals surface area contributed by atoms with Crippen LogP contribution in [0.3, 0.4) is 0 Å². The molecule has 1 unspecified atom stereocenters. The molecule has 1 aromatic rings. The fraction of sp³-hybridized carbons (Fsp3) is 0.500. The molecule has 0 amide bonds. The molecule has 0 saturated heterocycles. The average molecular weight is 229 g/mol. The van der Waals surface area contributed by atoms with Crippen LogP contribution in [0.2, 0.25) is 0 Å². The maximum absolute atomic E-state index is 5.82. The van der Waals surface area contributed by atoms with E-state index in [-0.39, 0.29) is 5.41 Å². The zero-order valence-electron chi connectivity index (χ0n) is 11.0. The average Bonchev–Trinajstić information content (AvgIpc) is 2.36. The summed E-state index contributed by atoms with van der Waals surface area (Å²) < 4.78 is 0. The van der Waals surface area contributed by atoms with Crippen LogP contribution in [0.15, 0.2) is 30.3 Å². The van der Waals surface area contributed by atoms with Gasteiger partial charge in [-0.15, -0.1) is 5.92 Å². The molecule has 17 heavy (non-hydrogen) atoms. The van der Waals surface area contributed by atoms with Crippen molar-refractivity contribution >= 4 is 0 Å². The van der Waals surface area contributed by atoms with Gasteiger partial charge in [-0.3, -0.25) is 0 Å². The van der Waals surface area contributed by atoms with Gasteiger partial charge >= 0.3 is 0 Å². The van der Waals surface area contributed by atoms with Crippen LogP contribution in [0.1, 0.15) is 38.7 Å². The molecule has 0 saturated carbocycles. The molecule has 1 nitrogen and oxygen atoms in total. The number of hydrogen-bond acceptors (Lipinski definition) is 1. The van der Waals surface area contributed by atoms with Gasteiger partial charge in [0, 0.05) is 12.8 Å². The number of rotatable bonds is 5. The smallest absolute Gasteiger partial charge is 0.0340 e. The van der Waals surface area contributed by atoms with Gasteiger partial charge in [-0.1, -0.05) is 56.5 Å². The third-order valence-corrected chi connectivity index (χ3v) is 3.12. The van der Waals surface area contributed by atoms with Crippen molar-refractivity contribution in [2.75, 3.05) is 6.54 Å². The Kier molecular flexibility index (Phi) is 5.80. The second-order valence-electron chi connectivity index (χ2n) is 4.96. The zero-order valence-corrected chi connectivity index (χ0v) is 11.0. The van der Waals surface area contributed by atoms with Crippen molar-refractivity contribution < 1.29 is 0 Å². The Morgan fingerprint density at radius 2 is 1.88 bits per heavy atom. The van der Waals surface area contributed by atoms with E-state index in [1.54, 1.807) is 0 Å². The second-order valence-corrected chi connectivity index (χ2v) is 4.96. The van der Waals surface area contributed by atoms with Crippen LogP contribution < -0.4 is 5.73 Å². The Morgan fingerprint density at radius 3 is 2.47 bits per heavy atom. The molecule has 0 aliphatic carbocycles. The van der Waals surface area contributed by atoms with Gasteiger partial charge in [0.1, 0.15) is 0 Å². The summed E-state index contributed by atoms with van der Waals surface area (Å²) >= 11 is 0. The van der Waals surface area contributed by atoms with Crippen LogP contribution in [0, 0.1) is 17.3 Å². The largest absolute Gasteiger partial charge is 0.330 e. The van der Waals surface area contributed by atoms with Gasteiger partial charge in [-0.05, 0) is 23.9 Å². The minimum absolute atomic E-state index is 0.193. The maximum Gasteiger partial charge on any atom is 0.0340 e. The molecule has 1 atom stereocenters. The molecule has 0 heterocycles. The molecular weight excluding hydrogens is 206 g/mol. The second kappa shape index (κ2) is 7.14. The lowest BCUT2D eigenvalue weighted by Crippen LogP contribution is -2.26. The standard InChI is InChI=1S/C16H23N/c1-3-12-16(2,14-17)13-8-7-11-15-9-5-4-6-10-15/h4-6,9-10H,3,11-14,17H2,1-2H3. The topological polar surface area (TPSA) is 26.0 Å². The summed E-state index contributed by atoms with van der Waals surface area (Å²) in [6.45, 7) is 5.15. The van der Waals surface area contributed by atoms with E-state index in [1.807, 2.05) is 6.07 Å². The molecule has 0 fully saturated rings. The quantitative estimate of drug-likeness (QED) is 0.770. The van der Waals surface area contributed by atoms with E-state index in [9.17, 15) is 0 Å². The Balaban J connectivity index is 2.45. The summed E-state index contributed by atoms with van der Waals surface area (Å²) in [7, 11) is 0. The molecule has 1 rings (SSSR count). The molecule has 2 N–H and O–H groups in total. The van der Waals surface area contributed by atoms with E-state index < -0.39 is 0 Å². The van der Waals surface area contributed by atoms with Gasteiger partial charge in [-0.25, -0.2) is 0 Å². The van der Waals surface area contributed by atoms with Crippen molar-refractivity contribution in [2.24, 2.45) is 11.1 Å². The molecule has 1 heteroatoms. The van der Waals surface area contributed by atoms with Gasteiger partial charge in [0.25, 0.3) is 0 Å². The van der Waals surface area contributed by atoms with Gasteiger partial charge in [0.15, 0.2) is 0 Å².